The number of ether oxygens (including phenoxy) is 1. The average molecular weight is 694 g/mol. The van der Waals surface area contributed by atoms with Crippen LogP contribution in [0.5, 0.6) is 0 Å². The van der Waals surface area contributed by atoms with E-state index < -0.39 is 11.9 Å². The van der Waals surface area contributed by atoms with Crippen molar-refractivity contribution in [3.05, 3.63) is 71.3 Å². The van der Waals surface area contributed by atoms with Crippen LogP contribution >= 0.6 is 0 Å². The molecule has 2 unspecified atom stereocenters. The maximum Gasteiger partial charge on any atom is 0.246 e. The Morgan fingerprint density at radius 3 is 2.42 bits per heavy atom. The van der Waals surface area contributed by atoms with Gasteiger partial charge in [0.1, 0.15) is 29.2 Å². The van der Waals surface area contributed by atoms with Crippen molar-refractivity contribution in [2.45, 2.75) is 91.3 Å². The Morgan fingerprint density at radius 2 is 1.82 bits per heavy atom. The van der Waals surface area contributed by atoms with Crippen molar-refractivity contribution in [1.29, 1.82) is 0 Å². The predicted molar refractivity (Wildman–Crippen MR) is 191 cm³/mol. The number of aromatic nitrogens is 2. The van der Waals surface area contributed by atoms with Crippen molar-refractivity contribution in [3.8, 4) is 0 Å². The van der Waals surface area contributed by atoms with Crippen LogP contribution in [0.4, 0.5) is 14.5 Å². The maximum atomic E-state index is 14.5. The van der Waals surface area contributed by atoms with E-state index in [9.17, 15) is 23.2 Å². The number of benzene rings is 1. The zero-order valence-corrected chi connectivity index (χ0v) is 29.5. The molecule has 270 valence electrons. The van der Waals surface area contributed by atoms with E-state index in [1.807, 2.05) is 12.1 Å². The summed E-state index contributed by atoms with van der Waals surface area (Å²) in [5, 5.41) is 12.2. The molecule has 1 aromatic carbocycles. The van der Waals surface area contributed by atoms with Gasteiger partial charge in [-0.1, -0.05) is 52.2 Å². The highest BCUT2D eigenvalue weighted by Crippen LogP contribution is 2.41. The minimum atomic E-state index is -0.550. The highest BCUT2D eigenvalue weighted by molar-refractivity contribution is 6.11. The normalized spacial score (nSPS) is 19.9. The van der Waals surface area contributed by atoms with Crippen LogP contribution in [-0.2, 0) is 25.7 Å². The number of rotatable bonds is 10. The quantitative estimate of drug-likeness (QED) is 0.192. The number of nitrogens with zero attached hydrogens (tertiary/aromatic N) is 3. The molecule has 2 aromatic heterocycles. The molecule has 50 heavy (non-hydrogen) atoms. The molecule has 0 spiro atoms. The van der Waals surface area contributed by atoms with Crippen LogP contribution in [0.15, 0.2) is 59.4 Å². The van der Waals surface area contributed by atoms with Crippen molar-refractivity contribution in [2.24, 2.45) is 16.8 Å². The van der Waals surface area contributed by atoms with Crippen molar-refractivity contribution in [2.75, 3.05) is 19.0 Å². The summed E-state index contributed by atoms with van der Waals surface area (Å²) >= 11 is 0. The molecule has 11 nitrogen and oxygen atoms in total. The molecule has 2 atom stereocenters. The van der Waals surface area contributed by atoms with Crippen molar-refractivity contribution < 1.29 is 27.9 Å². The third kappa shape index (κ3) is 9.96. The standard InChI is InChI=1S/C20H21F2N5O.C14H20N2O3.C3H8/c21-13-6-14-15(9-27(10-28)20(14)24-7-13)18-23-8-16(22)19(26-18)25-17-5-11-1-3-12(17)4-2-11;1-4-13(17)15-10(2)14(18)16-12-7-5-11(6-8-12)9-19-3;1-3-2/h6-7,9-12,17,25H,1-5,8H2,(H,23,26);5-8,10H,4,9H2,1-3H3,(H,15,17)(H,16,18);3H2,1-2H3. The van der Waals surface area contributed by atoms with Gasteiger partial charge in [0.25, 0.3) is 0 Å². The lowest BCUT2D eigenvalue weighted by Crippen LogP contribution is -2.48. The van der Waals surface area contributed by atoms with Crippen LogP contribution in [0.2, 0.25) is 0 Å². The van der Waals surface area contributed by atoms with E-state index in [-0.39, 0.29) is 30.2 Å². The second kappa shape index (κ2) is 18.4. The maximum absolute atomic E-state index is 14.5. The minimum Gasteiger partial charge on any atom is -0.380 e. The third-order valence-electron chi connectivity index (χ3n) is 8.90. The van der Waals surface area contributed by atoms with Gasteiger partial charge in [0.2, 0.25) is 18.2 Å². The Kier molecular flexibility index (Phi) is 14.0. The van der Waals surface area contributed by atoms with E-state index in [4.69, 9.17) is 4.74 Å². The lowest BCUT2D eigenvalue weighted by molar-refractivity contribution is -0.125. The molecule has 4 N–H and O–H groups in total. The summed E-state index contributed by atoms with van der Waals surface area (Å²) in [5.74, 6) is 0.814. The summed E-state index contributed by atoms with van der Waals surface area (Å²) in [6, 6.07) is 8.40. The molecule has 3 aromatic rings. The zero-order chi connectivity index (χ0) is 36.2. The molecule has 2 bridgehead atoms. The molecular weight excluding hydrogens is 644 g/mol. The largest absolute Gasteiger partial charge is 0.380 e. The number of methoxy groups -OCH3 is 1. The summed E-state index contributed by atoms with van der Waals surface area (Å²) < 4.78 is 34.5. The Labute approximate surface area is 292 Å². The topological polar surface area (TPSA) is 139 Å². The lowest BCUT2D eigenvalue weighted by atomic mass is 9.68. The van der Waals surface area contributed by atoms with Gasteiger partial charge in [-0.2, -0.15) is 0 Å². The first-order valence-corrected chi connectivity index (χ1v) is 17.4. The van der Waals surface area contributed by atoms with E-state index in [0.29, 0.717) is 59.3 Å². The SMILES string of the molecule is CCC.CCC(=O)NC(C)C(=O)Nc1ccc(COC)cc1.O=Cn1cc(C2=NCC(F)=C(NC3CC4CCC3CC4)N2)c2cc(F)cnc21. The summed E-state index contributed by atoms with van der Waals surface area (Å²) in [5.41, 5.74) is 2.59. The first kappa shape index (κ1) is 38.2. The second-order valence-electron chi connectivity index (χ2n) is 12.9. The molecular formula is C37H49F2N7O4. The number of halogens is 2. The molecule has 13 heteroatoms. The van der Waals surface area contributed by atoms with E-state index in [1.165, 1.54) is 42.7 Å². The Balaban J connectivity index is 0.000000224. The minimum absolute atomic E-state index is 0.0952. The molecule has 0 saturated heterocycles. The van der Waals surface area contributed by atoms with Crippen LogP contribution in [0.3, 0.4) is 0 Å². The lowest BCUT2D eigenvalue weighted by Gasteiger charge is -2.43. The Bertz CT molecular complexity index is 1680. The highest BCUT2D eigenvalue weighted by atomic mass is 19.1. The Morgan fingerprint density at radius 1 is 1.12 bits per heavy atom. The van der Waals surface area contributed by atoms with Crippen LogP contribution in [0.1, 0.15) is 83.8 Å². The van der Waals surface area contributed by atoms with Gasteiger partial charge in [0.15, 0.2) is 5.83 Å². The molecule has 7 rings (SSSR count). The zero-order valence-electron chi connectivity index (χ0n) is 29.5. The van der Waals surface area contributed by atoms with Crippen LogP contribution < -0.4 is 21.3 Å². The number of amidine groups is 1. The van der Waals surface area contributed by atoms with Crippen LogP contribution in [0.25, 0.3) is 11.0 Å². The second-order valence-corrected chi connectivity index (χ2v) is 12.9. The summed E-state index contributed by atoms with van der Waals surface area (Å²) in [6.07, 6.45) is 10.8. The number of amides is 2. The number of hydrogen-bond donors (Lipinski definition) is 4. The fourth-order valence-corrected chi connectivity index (χ4v) is 6.35. The van der Waals surface area contributed by atoms with Crippen molar-refractivity contribution in [3.63, 3.8) is 0 Å². The van der Waals surface area contributed by atoms with Crippen LogP contribution in [0, 0.1) is 17.7 Å². The van der Waals surface area contributed by atoms with E-state index in [2.05, 4.69) is 45.1 Å². The van der Waals surface area contributed by atoms with Gasteiger partial charge in [0.05, 0.1) is 19.3 Å². The van der Waals surface area contributed by atoms with Gasteiger partial charge in [0, 0.05) is 42.4 Å². The Hall–Kier alpha value is -4.65. The molecule has 2 amide bonds. The van der Waals surface area contributed by atoms with Gasteiger partial charge >= 0.3 is 0 Å². The van der Waals surface area contributed by atoms with Gasteiger partial charge in [-0.3, -0.25) is 23.9 Å². The smallest absolute Gasteiger partial charge is 0.246 e. The summed E-state index contributed by atoms with van der Waals surface area (Å²) in [4.78, 5) is 42.6. The number of carbonyl (C=O) groups is 3. The van der Waals surface area contributed by atoms with Crippen LogP contribution in [-0.4, -0.2) is 59.3 Å². The number of aliphatic imine (C=N–C) groups is 1. The summed E-state index contributed by atoms with van der Waals surface area (Å²) in [6.45, 7) is 8.09. The molecule has 1 aliphatic heterocycles. The molecule has 3 heterocycles. The van der Waals surface area contributed by atoms with Crippen molar-refractivity contribution >= 4 is 40.8 Å². The van der Waals surface area contributed by atoms with E-state index in [0.717, 1.165) is 24.1 Å². The number of carbonyl (C=O) groups excluding carboxylic acids is 3. The fraction of sp³-hybridized carbons (Fsp3) is 0.486. The van der Waals surface area contributed by atoms with Gasteiger partial charge < -0.3 is 26.0 Å². The molecule has 3 saturated carbocycles. The van der Waals surface area contributed by atoms with Gasteiger partial charge in [-0.05, 0) is 61.8 Å². The predicted octanol–water partition coefficient (Wildman–Crippen LogP) is 5.97. The number of fused-ring (bicyclic) bond motifs is 4. The molecule has 3 aliphatic carbocycles. The number of anilines is 1. The fourth-order valence-electron chi connectivity index (χ4n) is 6.35. The van der Waals surface area contributed by atoms with E-state index in [1.54, 1.807) is 39.3 Å². The van der Waals surface area contributed by atoms with E-state index >= 15 is 0 Å². The highest BCUT2D eigenvalue weighted by Gasteiger charge is 2.36. The van der Waals surface area contributed by atoms with Crippen molar-refractivity contribution in [1.82, 2.24) is 25.5 Å². The average Bonchev–Trinajstić information content (AvgIpc) is 3.49. The third-order valence-corrected chi connectivity index (χ3v) is 8.90. The summed E-state index contributed by atoms with van der Waals surface area (Å²) in [7, 11) is 1.63. The molecule has 4 aliphatic rings. The monoisotopic (exact) mass is 693 g/mol. The first-order chi connectivity index (χ1) is 24.1. The number of pyridine rings is 1. The number of nitrogens with one attached hydrogen (secondary N) is 4. The molecule has 0 radical (unpaired) electrons. The van der Waals surface area contributed by atoms with Gasteiger partial charge in [-0.25, -0.2) is 13.8 Å². The number of hydrogen-bond acceptors (Lipinski definition) is 8. The molecule has 3 fully saturated rings. The van der Waals surface area contributed by atoms with Gasteiger partial charge in [-0.15, -0.1) is 0 Å². The first-order valence-electron chi connectivity index (χ1n) is 17.4.